The van der Waals surface area contributed by atoms with Gasteiger partial charge in [-0.25, -0.2) is 0 Å². The molecule has 1 N–H and O–H groups in total. The second-order valence-electron chi connectivity index (χ2n) is 10.6. The van der Waals surface area contributed by atoms with Crippen molar-refractivity contribution in [1.82, 2.24) is 10.2 Å². The Bertz CT molecular complexity index is 1250. The Hall–Kier alpha value is -3.35. The molecule has 0 aromatic heterocycles. The molecule has 2 aliphatic heterocycles. The van der Waals surface area contributed by atoms with Gasteiger partial charge in [-0.05, 0) is 54.7 Å². The fourth-order valence-electron chi connectivity index (χ4n) is 5.95. The van der Waals surface area contributed by atoms with Crippen LogP contribution >= 0.6 is 0 Å². The zero-order chi connectivity index (χ0) is 27.4. The quantitative estimate of drug-likeness (QED) is 0.480. The number of rotatable bonds is 6. The summed E-state index contributed by atoms with van der Waals surface area (Å²) in [6, 6.07) is 13.7. The normalized spacial score (nSPS) is 21.0. The van der Waals surface area contributed by atoms with Crippen LogP contribution in [0.2, 0.25) is 0 Å². The number of benzene rings is 2. The molecule has 1 amide bonds. The van der Waals surface area contributed by atoms with Crippen molar-refractivity contribution in [3.05, 3.63) is 76.5 Å². The van der Waals surface area contributed by atoms with Gasteiger partial charge in [-0.1, -0.05) is 50.3 Å². The Kier molecular flexibility index (Phi) is 8.24. The van der Waals surface area contributed by atoms with Crippen molar-refractivity contribution < 1.29 is 22.7 Å². The summed E-state index contributed by atoms with van der Waals surface area (Å²) in [5, 5.41) is 12.5. The predicted molar refractivity (Wildman–Crippen MR) is 141 cm³/mol. The van der Waals surface area contributed by atoms with Crippen LogP contribution in [0.5, 0.6) is 0 Å². The van der Waals surface area contributed by atoms with Crippen LogP contribution in [-0.2, 0) is 15.7 Å². The summed E-state index contributed by atoms with van der Waals surface area (Å²) >= 11 is 0. The van der Waals surface area contributed by atoms with Crippen molar-refractivity contribution >= 4 is 11.6 Å². The average Bonchev–Trinajstić information content (AvgIpc) is 3.24. The van der Waals surface area contributed by atoms with Crippen LogP contribution in [0.3, 0.4) is 0 Å². The van der Waals surface area contributed by atoms with E-state index in [1.54, 1.807) is 35.2 Å². The van der Waals surface area contributed by atoms with Gasteiger partial charge in [0.05, 0.1) is 47.8 Å². The van der Waals surface area contributed by atoms with E-state index < -0.39 is 17.8 Å². The highest BCUT2D eigenvalue weighted by Crippen LogP contribution is 2.38. The van der Waals surface area contributed by atoms with Gasteiger partial charge in [0.15, 0.2) is 0 Å². The lowest BCUT2D eigenvalue weighted by Crippen LogP contribution is -2.37. The largest absolute Gasteiger partial charge is 0.416 e. The summed E-state index contributed by atoms with van der Waals surface area (Å²) in [6.45, 7) is 1.01. The smallest absolute Gasteiger partial charge is 0.346 e. The number of halogens is 3. The van der Waals surface area contributed by atoms with E-state index in [0.29, 0.717) is 41.5 Å². The van der Waals surface area contributed by atoms with Crippen LogP contribution in [-0.4, -0.2) is 37.4 Å². The molecular weight excluding hydrogens is 505 g/mol. The molecule has 39 heavy (non-hydrogen) atoms. The van der Waals surface area contributed by atoms with Gasteiger partial charge in [0, 0.05) is 12.2 Å². The van der Waals surface area contributed by atoms with Crippen LogP contribution in [0.1, 0.15) is 67.7 Å². The number of alkyl halides is 3. The van der Waals surface area contributed by atoms with Crippen LogP contribution in [0.25, 0.3) is 0 Å². The van der Waals surface area contributed by atoms with Crippen LogP contribution in [0.15, 0.2) is 59.8 Å². The number of carbonyl (C=O) groups excluding carboxylic acids is 1. The Balaban J connectivity index is 1.47. The van der Waals surface area contributed by atoms with Gasteiger partial charge in [0.2, 0.25) is 0 Å². The Labute approximate surface area is 227 Å². The molecule has 5 rings (SSSR count). The minimum absolute atomic E-state index is 0.0103. The fraction of sp³-hybridized carbons (Fsp3) is 0.467. The van der Waals surface area contributed by atoms with E-state index in [-0.39, 0.29) is 19.4 Å². The molecule has 1 atom stereocenters. The predicted octanol–water partition coefficient (Wildman–Crippen LogP) is 6.12. The molecule has 1 aliphatic carbocycles. The third kappa shape index (κ3) is 6.13. The third-order valence-electron chi connectivity index (χ3n) is 8.02. The first kappa shape index (κ1) is 27.2. The number of hydrogen-bond donors (Lipinski definition) is 1. The summed E-state index contributed by atoms with van der Waals surface area (Å²) in [4.78, 5) is 17.4. The van der Waals surface area contributed by atoms with Gasteiger partial charge in [0.25, 0.3) is 5.91 Å². The molecule has 206 valence electrons. The lowest BCUT2D eigenvalue weighted by molar-refractivity contribution is -0.137. The number of amides is 1. The van der Waals surface area contributed by atoms with Gasteiger partial charge < -0.3 is 14.5 Å². The van der Waals surface area contributed by atoms with Crippen molar-refractivity contribution in [3.8, 4) is 6.07 Å². The SMILES string of the molecule is N#Cc1ccc(C2NCOCN(c3cccc(C(F)(F)F)c3)C3=C2C(=O)N(CCCC2CCCCC2)C3)cc1. The standard InChI is InChI=1S/C30H33F3N4O2/c31-30(32,33)24-9-4-10-25(16-24)37-20-39-19-35-28(23-13-11-22(17-34)12-14-23)27-26(37)18-36(29(27)38)15-5-8-21-6-2-1-3-7-21/h4,9-14,16,21,28,35H,1-3,5-8,15,18-20H2. The van der Waals surface area contributed by atoms with E-state index in [9.17, 15) is 23.2 Å². The molecule has 0 bridgehead atoms. The molecule has 9 heteroatoms. The van der Waals surface area contributed by atoms with Crippen molar-refractivity contribution in [1.29, 1.82) is 5.26 Å². The van der Waals surface area contributed by atoms with Crippen molar-refractivity contribution in [2.45, 2.75) is 57.2 Å². The Morgan fingerprint density at radius 1 is 1.08 bits per heavy atom. The highest BCUT2D eigenvalue weighted by Gasteiger charge is 2.40. The molecular formula is C30H33F3N4O2. The van der Waals surface area contributed by atoms with Gasteiger partial charge in [-0.15, -0.1) is 0 Å². The number of nitrogens with zero attached hydrogens (tertiary/aromatic N) is 3. The fourth-order valence-corrected chi connectivity index (χ4v) is 5.95. The van der Waals surface area contributed by atoms with Crippen LogP contribution in [0, 0.1) is 17.2 Å². The number of nitriles is 1. The highest BCUT2D eigenvalue weighted by molar-refractivity contribution is 5.99. The zero-order valence-corrected chi connectivity index (χ0v) is 21.8. The maximum absolute atomic E-state index is 13.9. The van der Waals surface area contributed by atoms with E-state index in [4.69, 9.17) is 4.74 Å². The zero-order valence-electron chi connectivity index (χ0n) is 21.8. The first-order valence-corrected chi connectivity index (χ1v) is 13.6. The lowest BCUT2D eigenvalue weighted by atomic mass is 9.86. The van der Waals surface area contributed by atoms with Gasteiger partial charge >= 0.3 is 6.18 Å². The van der Waals surface area contributed by atoms with Gasteiger partial charge in [-0.3, -0.25) is 10.1 Å². The van der Waals surface area contributed by atoms with E-state index in [2.05, 4.69) is 11.4 Å². The minimum atomic E-state index is -4.49. The Morgan fingerprint density at radius 3 is 2.56 bits per heavy atom. The summed E-state index contributed by atoms with van der Waals surface area (Å²) in [5.74, 6) is 0.586. The molecule has 0 spiro atoms. The van der Waals surface area contributed by atoms with Crippen molar-refractivity contribution in [2.75, 3.05) is 31.5 Å². The van der Waals surface area contributed by atoms with Crippen LogP contribution in [0.4, 0.5) is 18.9 Å². The van der Waals surface area contributed by atoms with Gasteiger partial charge in [-0.2, -0.15) is 18.4 Å². The molecule has 1 fully saturated rings. The highest BCUT2D eigenvalue weighted by atomic mass is 19.4. The van der Waals surface area contributed by atoms with E-state index in [0.717, 1.165) is 30.5 Å². The first-order valence-electron chi connectivity index (χ1n) is 13.6. The van der Waals surface area contributed by atoms with Crippen molar-refractivity contribution in [3.63, 3.8) is 0 Å². The molecule has 6 nitrogen and oxygen atoms in total. The topological polar surface area (TPSA) is 68.6 Å². The van der Waals surface area contributed by atoms with E-state index in [1.807, 2.05) is 4.90 Å². The van der Waals surface area contributed by atoms with Crippen LogP contribution < -0.4 is 10.2 Å². The molecule has 3 aliphatic rings. The van der Waals surface area contributed by atoms with E-state index >= 15 is 0 Å². The second kappa shape index (κ2) is 11.8. The molecule has 2 aromatic carbocycles. The first-order chi connectivity index (χ1) is 18.8. The molecule has 2 heterocycles. The second-order valence-corrected chi connectivity index (χ2v) is 10.6. The molecule has 1 saturated carbocycles. The number of ether oxygens (including phenoxy) is 1. The van der Waals surface area contributed by atoms with Crippen molar-refractivity contribution in [2.24, 2.45) is 5.92 Å². The maximum atomic E-state index is 13.9. The Morgan fingerprint density at radius 2 is 1.85 bits per heavy atom. The number of anilines is 1. The summed E-state index contributed by atoms with van der Waals surface area (Å²) in [7, 11) is 0. The molecule has 1 unspecified atom stereocenters. The number of nitrogens with one attached hydrogen (secondary N) is 1. The maximum Gasteiger partial charge on any atom is 0.416 e. The molecule has 0 saturated heterocycles. The summed E-state index contributed by atoms with van der Waals surface area (Å²) < 4.78 is 46.5. The third-order valence-corrected chi connectivity index (χ3v) is 8.02. The monoisotopic (exact) mass is 538 g/mol. The minimum Gasteiger partial charge on any atom is -0.346 e. The lowest BCUT2D eigenvalue weighted by Gasteiger charge is -2.32. The summed E-state index contributed by atoms with van der Waals surface area (Å²) in [5.41, 5.74) is 2.02. The number of hydrogen-bond acceptors (Lipinski definition) is 5. The molecule has 2 aromatic rings. The van der Waals surface area contributed by atoms with E-state index in [1.165, 1.54) is 38.2 Å². The summed E-state index contributed by atoms with van der Waals surface area (Å²) in [6.07, 6.45) is 3.81. The molecule has 0 radical (unpaired) electrons. The number of carbonyl (C=O) groups is 1. The average molecular weight is 539 g/mol. The van der Waals surface area contributed by atoms with Gasteiger partial charge in [0.1, 0.15) is 6.73 Å².